The maximum Gasteiger partial charge on any atom is 0.222 e. The zero-order chi connectivity index (χ0) is 15.2. The maximum atomic E-state index is 12.4. The predicted molar refractivity (Wildman–Crippen MR) is 87.5 cm³/mol. The fraction of sp³-hybridized carbons (Fsp3) is 0.611. The van der Waals surface area contributed by atoms with Crippen LogP contribution in [0.2, 0.25) is 0 Å². The molecule has 1 saturated heterocycles. The molecule has 0 radical (unpaired) electrons. The highest BCUT2D eigenvalue weighted by atomic mass is 16.2. The van der Waals surface area contributed by atoms with E-state index < -0.39 is 0 Å². The summed E-state index contributed by atoms with van der Waals surface area (Å²) in [5.41, 5.74) is 3.89. The van der Waals surface area contributed by atoms with Gasteiger partial charge in [0.1, 0.15) is 0 Å². The van der Waals surface area contributed by atoms with Crippen LogP contribution in [-0.2, 0) is 11.2 Å². The van der Waals surface area contributed by atoms with Crippen molar-refractivity contribution in [1.29, 1.82) is 0 Å². The number of likely N-dealkylation sites (tertiary alicyclic amines) is 1. The number of hydrogen-bond donors (Lipinski definition) is 1. The molecule has 1 aliphatic heterocycles. The minimum atomic E-state index is 0.316. The summed E-state index contributed by atoms with van der Waals surface area (Å²) in [6, 6.07) is 6.50. The van der Waals surface area contributed by atoms with E-state index in [4.69, 9.17) is 0 Å². The Morgan fingerprint density at radius 1 is 1.38 bits per heavy atom. The number of carbonyl (C=O) groups is 1. The van der Waals surface area contributed by atoms with Gasteiger partial charge in [0.2, 0.25) is 5.91 Å². The number of aryl methyl sites for hydroxylation is 3. The highest BCUT2D eigenvalue weighted by Gasteiger charge is 2.22. The van der Waals surface area contributed by atoms with Crippen LogP contribution in [0.4, 0.5) is 0 Å². The van der Waals surface area contributed by atoms with Crippen molar-refractivity contribution in [3.05, 3.63) is 34.9 Å². The van der Waals surface area contributed by atoms with Gasteiger partial charge in [-0.15, -0.1) is 0 Å². The standard InChI is InChI=1S/C18H28N2O/c1-14-6-7-17(15(2)11-14)8-9-18(21)20-10-4-5-16(13-20)12-19-3/h6-7,11,16,19H,4-5,8-10,12-13H2,1-3H3. The molecule has 1 aromatic carbocycles. The zero-order valence-electron chi connectivity index (χ0n) is 13.6. The van der Waals surface area contributed by atoms with Crippen LogP contribution < -0.4 is 5.32 Å². The summed E-state index contributed by atoms with van der Waals surface area (Å²) in [4.78, 5) is 14.5. The molecular weight excluding hydrogens is 260 g/mol. The van der Waals surface area contributed by atoms with Crippen LogP contribution in [0, 0.1) is 19.8 Å². The van der Waals surface area contributed by atoms with E-state index in [1.165, 1.54) is 23.1 Å². The fourth-order valence-corrected chi connectivity index (χ4v) is 3.27. The summed E-state index contributed by atoms with van der Waals surface area (Å²) in [6.07, 6.45) is 3.87. The Bertz CT molecular complexity index is 482. The van der Waals surface area contributed by atoms with Gasteiger partial charge in [-0.25, -0.2) is 0 Å². The Labute approximate surface area is 128 Å². The summed E-state index contributed by atoms with van der Waals surface area (Å²) in [5, 5.41) is 3.23. The first kappa shape index (κ1) is 16.0. The maximum absolute atomic E-state index is 12.4. The largest absolute Gasteiger partial charge is 0.342 e. The van der Waals surface area contributed by atoms with Crippen molar-refractivity contribution in [2.75, 3.05) is 26.7 Å². The second-order valence-electron chi connectivity index (χ2n) is 6.34. The van der Waals surface area contributed by atoms with Crippen molar-refractivity contribution >= 4 is 5.91 Å². The lowest BCUT2D eigenvalue weighted by Crippen LogP contribution is -2.42. The molecule has 0 aromatic heterocycles. The molecule has 1 heterocycles. The molecule has 3 nitrogen and oxygen atoms in total. The summed E-state index contributed by atoms with van der Waals surface area (Å²) in [7, 11) is 1.99. The van der Waals surface area contributed by atoms with Gasteiger partial charge >= 0.3 is 0 Å². The van der Waals surface area contributed by atoms with Crippen molar-refractivity contribution in [1.82, 2.24) is 10.2 Å². The van der Waals surface area contributed by atoms with E-state index in [-0.39, 0.29) is 0 Å². The quantitative estimate of drug-likeness (QED) is 0.903. The van der Waals surface area contributed by atoms with Gasteiger partial charge in [0.15, 0.2) is 0 Å². The third-order valence-corrected chi connectivity index (χ3v) is 4.47. The van der Waals surface area contributed by atoms with Crippen molar-refractivity contribution in [2.24, 2.45) is 5.92 Å². The minimum Gasteiger partial charge on any atom is -0.342 e. The number of amides is 1. The molecule has 1 amide bonds. The number of hydrogen-bond acceptors (Lipinski definition) is 2. The molecule has 1 fully saturated rings. The van der Waals surface area contributed by atoms with Crippen LogP contribution in [-0.4, -0.2) is 37.5 Å². The molecule has 2 rings (SSSR count). The van der Waals surface area contributed by atoms with Gasteiger partial charge in [0, 0.05) is 19.5 Å². The van der Waals surface area contributed by atoms with Crippen LogP contribution in [0.15, 0.2) is 18.2 Å². The summed E-state index contributed by atoms with van der Waals surface area (Å²) < 4.78 is 0. The molecule has 116 valence electrons. The van der Waals surface area contributed by atoms with E-state index in [9.17, 15) is 4.79 Å². The van der Waals surface area contributed by atoms with E-state index in [0.717, 1.165) is 32.5 Å². The van der Waals surface area contributed by atoms with Gasteiger partial charge < -0.3 is 10.2 Å². The molecule has 0 bridgehead atoms. The average Bonchev–Trinajstić information content (AvgIpc) is 2.47. The van der Waals surface area contributed by atoms with E-state index in [1.54, 1.807) is 0 Å². The lowest BCUT2D eigenvalue weighted by atomic mass is 9.97. The first-order valence-electron chi connectivity index (χ1n) is 8.08. The number of nitrogens with one attached hydrogen (secondary N) is 1. The van der Waals surface area contributed by atoms with E-state index in [1.807, 2.05) is 7.05 Å². The lowest BCUT2D eigenvalue weighted by molar-refractivity contribution is -0.132. The van der Waals surface area contributed by atoms with Crippen LogP contribution in [0.5, 0.6) is 0 Å². The topological polar surface area (TPSA) is 32.3 Å². The number of benzene rings is 1. The number of carbonyl (C=O) groups excluding carboxylic acids is 1. The molecule has 1 aliphatic rings. The normalized spacial score (nSPS) is 18.8. The van der Waals surface area contributed by atoms with E-state index in [0.29, 0.717) is 18.2 Å². The molecule has 1 N–H and O–H groups in total. The zero-order valence-corrected chi connectivity index (χ0v) is 13.6. The van der Waals surface area contributed by atoms with Crippen molar-refractivity contribution in [2.45, 2.75) is 39.5 Å². The third-order valence-electron chi connectivity index (χ3n) is 4.47. The van der Waals surface area contributed by atoms with Crippen molar-refractivity contribution < 1.29 is 4.79 Å². The molecule has 0 aliphatic carbocycles. The SMILES string of the molecule is CNCC1CCCN(C(=O)CCc2ccc(C)cc2C)C1. The number of nitrogens with zero attached hydrogens (tertiary/aromatic N) is 1. The summed E-state index contributed by atoms with van der Waals surface area (Å²) in [5.74, 6) is 0.935. The van der Waals surface area contributed by atoms with Crippen LogP contribution in [0.25, 0.3) is 0 Å². The van der Waals surface area contributed by atoms with Crippen LogP contribution >= 0.6 is 0 Å². The Morgan fingerprint density at radius 2 is 2.19 bits per heavy atom. The Balaban J connectivity index is 1.86. The second kappa shape index (κ2) is 7.60. The van der Waals surface area contributed by atoms with E-state index in [2.05, 4.69) is 42.3 Å². The predicted octanol–water partition coefficient (Wildman–Crippen LogP) is 2.69. The molecule has 21 heavy (non-hydrogen) atoms. The molecular formula is C18H28N2O. The first-order valence-corrected chi connectivity index (χ1v) is 8.08. The summed E-state index contributed by atoms with van der Waals surface area (Å²) in [6.45, 7) is 7.12. The Kier molecular flexibility index (Phi) is 5.80. The van der Waals surface area contributed by atoms with Crippen LogP contribution in [0.3, 0.4) is 0 Å². The monoisotopic (exact) mass is 288 g/mol. The lowest BCUT2D eigenvalue weighted by Gasteiger charge is -2.33. The highest BCUT2D eigenvalue weighted by molar-refractivity contribution is 5.76. The van der Waals surface area contributed by atoms with Gasteiger partial charge in [0.05, 0.1) is 0 Å². The molecule has 0 spiro atoms. The second-order valence-corrected chi connectivity index (χ2v) is 6.34. The minimum absolute atomic E-state index is 0.316. The van der Waals surface area contributed by atoms with Crippen LogP contribution in [0.1, 0.15) is 36.0 Å². The number of rotatable bonds is 5. The van der Waals surface area contributed by atoms with Gasteiger partial charge in [-0.1, -0.05) is 23.8 Å². The van der Waals surface area contributed by atoms with Crippen molar-refractivity contribution in [3.8, 4) is 0 Å². The van der Waals surface area contributed by atoms with Crippen molar-refractivity contribution in [3.63, 3.8) is 0 Å². The Hall–Kier alpha value is -1.35. The average molecular weight is 288 g/mol. The summed E-state index contributed by atoms with van der Waals surface area (Å²) >= 11 is 0. The Morgan fingerprint density at radius 3 is 2.90 bits per heavy atom. The third kappa shape index (κ3) is 4.57. The highest BCUT2D eigenvalue weighted by Crippen LogP contribution is 2.18. The number of piperidine rings is 1. The first-order chi connectivity index (χ1) is 10.1. The van der Waals surface area contributed by atoms with Gasteiger partial charge in [-0.05, 0) is 63.7 Å². The van der Waals surface area contributed by atoms with Gasteiger partial charge in [0.25, 0.3) is 0 Å². The fourth-order valence-electron chi connectivity index (χ4n) is 3.27. The molecule has 3 heteroatoms. The van der Waals surface area contributed by atoms with E-state index >= 15 is 0 Å². The smallest absolute Gasteiger partial charge is 0.222 e. The molecule has 1 unspecified atom stereocenters. The molecule has 0 saturated carbocycles. The van der Waals surface area contributed by atoms with Gasteiger partial charge in [-0.3, -0.25) is 4.79 Å². The molecule has 1 aromatic rings. The molecule has 1 atom stereocenters. The van der Waals surface area contributed by atoms with Gasteiger partial charge in [-0.2, -0.15) is 0 Å².